The molecule has 1 aromatic carbocycles. The zero-order valence-electron chi connectivity index (χ0n) is 12.8. The van der Waals surface area contributed by atoms with Gasteiger partial charge in [-0.15, -0.1) is 0 Å². The number of aliphatic hydroxyl groups is 5. The number of hydrogen-bond acceptors (Lipinski definition) is 8. The van der Waals surface area contributed by atoms with E-state index in [2.05, 4.69) is 0 Å². The molecule has 0 amide bonds. The maximum absolute atomic E-state index is 10.4. The third-order valence-electron chi connectivity index (χ3n) is 3.04. The molecule has 136 valence electrons. The van der Waals surface area contributed by atoms with Crippen LogP contribution in [0.3, 0.4) is 0 Å². The van der Waals surface area contributed by atoms with E-state index in [9.17, 15) is 9.59 Å². The molecule has 0 aromatic heterocycles. The lowest BCUT2D eigenvalue weighted by Crippen LogP contribution is -2.46. The van der Waals surface area contributed by atoms with E-state index in [4.69, 9.17) is 36.4 Å². The van der Waals surface area contributed by atoms with Gasteiger partial charge in [-0.3, -0.25) is 4.79 Å². The van der Waals surface area contributed by atoms with Crippen LogP contribution < -0.4 is 5.73 Å². The van der Waals surface area contributed by atoms with Crippen molar-refractivity contribution < 1.29 is 40.2 Å². The molecule has 0 aliphatic rings. The van der Waals surface area contributed by atoms with E-state index >= 15 is 0 Å². The van der Waals surface area contributed by atoms with Crippen LogP contribution in [0.15, 0.2) is 30.3 Å². The van der Waals surface area contributed by atoms with Gasteiger partial charge in [0.25, 0.3) is 0 Å². The quantitative estimate of drug-likeness (QED) is 0.246. The van der Waals surface area contributed by atoms with Crippen LogP contribution >= 0.6 is 0 Å². The number of aliphatic hydroxyl groups excluding tert-OH is 5. The molecule has 0 spiro atoms. The molecule has 5 atom stereocenters. The van der Waals surface area contributed by atoms with Crippen molar-refractivity contribution in [2.75, 3.05) is 6.61 Å². The lowest BCUT2D eigenvalue weighted by molar-refractivity contribution is -0.138. The highest BCUT2D eigenvalue weighted by molar-refractivity contribution is 5.73. The summed E-state index contributed by atoms with van der Waals surface area (Å²) in [6, 6.07) is 8.54. The smallest absolute Gasteiger partial charge is 0.320 e. The molecule has 24 heavy (non-hydrogen) atoms. The van der Waals surface area contributed by atoms with E-state index in [1.165, 1.54) is 0 Å². The minimum absolute atomic E-state index is 0.0258. The fourth-order valence-electron chi connectivity index (χ4n) is 1.57. The van der Waals surface area contributed by atoms with Crippen LogP contribution in [0.2, 0.25) is 0 Å². The van der Waals surface area contributed by atoms with Crippen LogP contribution in [-0.4, -0.2) is 80.0 Å². The zero-order chi connectivity index (χ0) is 18.7. The Bertz CT molecular complexity index is 484. The Morgan fingerprint density at radius 3 is 2.04 bits per heavy atom. The number of carbonyl (C=O) groups excluding carboxylic acids is 1. The van der Waals surface area contributed by atoms with Crippen molar-refractivity contribution in [3.63, 3.8) is 0 Å². The first-order chi connectivity index (χ1) is 11.2. The number of benzene rings is 1. The zero-order valence-corrected chi connectivity index (χ0v) is 12.8. The summed E-state index contributed by atoms with van der Waals surface area (Å²) in [7, 11) is 0. The lowest BCUT2D eigenvalue weighted by atomic mass is 10.0. The van der Waals surface area contributed by atoms with Gasteiger partial charge >= 0.3 is 5.97 Å². The summed E-state index contributed by atoms with van der Waals surface area (Å²) in [5.74, 6) is -0.959. The predicted molar refractivity (Wildman–Crippen MR) is 82.9 cm³/mol. The largest absolute Gasteiger partial charge is 0.480 e. The van der Waals surface area contributed by atoms with Gasteiger partial charge in [-0.1, -0.05) is 30.3 Å². The third-order valence-corrected chi connectivity index (χ3v) is 3.04. The predicted octanol–water partition coefficient (Wildman–Crippen LogP) is -2.74. The van der Waals surface area contributed by atoms with Crippen LogP contribution in [0.5, 0.6) is 0 Å². The highest BCUT2D eigenvalue weighted by Crippen LogP contribution is 2.03. The first-order valence-electron chi connectivity index (χ1n) is 7.05. The molecular weight excluding hydrogens is 322 g/mol. The molecule has 1 unspecified atom stereocenters. The molecule has 0 aliphatic carbocycles. The lowest BCUT2D eigenvalue weighted by Gasteiger charge is -2.22. The average Bonchev–Trinajstić information content (AvgIpc) is 2.60. The van der Waals surface area contributed by atoms with Crippen LogP contribution in [0, 0.1) is 0 Å². The number of carboxylic acids is 1. The Labute approximate surface area is 138 Å². The van der Waals surface area contributed by atoms with Crippen molar-refractivity contribution >= 4 is 12.3 Å². The van der Waals surface area contributed by atoms with Gasteiger partial charge in [0.05, 0.1) is 6.61 Å². The van der Waals surface area contributed by atoms with Gasteiger partial charge in [-0.05, 0) is 12.0 Å². The summed E-state index contributed by atoms with van der Waals surface area (Å²) in [5, 5.41) is 52.1. The highest BCUT2D eigenvalue weighted by atomic mass is 16.4. The van der Waals surface area contributed by atoms with Gasteiger partial charge < -0.3 is 41.2 Å². The number of aldehydes is 1. The number of rotatable bonds is 8. The summed E-state index contributed by atoms with van der Waals surface area (Å²) < 4.78 is 0. The maximum atomic E-state index is 10.4. The van der Waals surface area contributed by atoms with Crippen LogP contribution in [0.1, 0.15) is 5.56 Å². The fourth-order valence-corrected chi connectivity index (χ4v) is 1.57. The topological polar surface area (TPSA) is 182 Å². The first-order valence-corrected chi connectivity index (χ1v) is 7.05. The monoisotopic (exact) mass is 345 g/mol. The third kappa shape index (κ3) is 8.11. The molecule has 0 saturated carbocycles. The Balaban J connectivity index is 0.000000441. The van der Waals surface area contributed by atoms with E-state index < -0.39 is 43.0 Å². The second kappa shape index (κ2) is 11.6. The average molecular weight is 345 g/mol. The SMILES string of the molecule is NC(Cc1ccccc1)C(=O)O.O=C[C@@H](O)[C@@H](O)[C@H](O)[C@H](O)CO. The van der Waals surface area contributed by atoms with Crippen molar-refractivity contribution in [1.82, 2.24) is 0 Å². The number of carboxylic acid groups (broad SMARTS) is 1. The second-order valence-electron chi connectivity index (χ2n) is 4.99. The molecule has 1 rings (SSSR count). The van der Waals surface area contributed by atoms with E-state index in [0.717, 1.165) is 5.56 Å². The maximum Gasteiger partial charge on any atom is 0.320 e. The molecule has 0 bridgehead atoms. The molecule has 9 nitrogen and oxygen atoms in total. The minimum atomic E-state index is -1.79. The van der Waals surface area contributed by atoms with E-state index in [-0.39, 0.29) is 6.29 Å². The summed E-state index contributed by atoms with van der Waals surface area (Å²) in [6.45, 7) is -0.760. The fraction of sp³-hybridized carbons (Fsp3) is 0.467. The summed E-state index contributed by atoms with van der Waals surface area (Å²) in [5.41, 5.74) is 6.30. The molecule has 0 radical (unpaired) electrons. The van der Waals surface area contributed by atoms with E-state index in [1.807, 2.05) is 30.3 Å². The van der Waals surface area contributed by atoms with Crippen LogP contribution in [0.25, 0.3) is 0 Å². The standard InChI is InChI=1S/C9H11NO2.C6H12O6/c10-8(9(11)12)6-7-4-2-1-3-5-7;7-1-3(9)5(11)6(12)4(10)2-8/h1-5,8H,6,10H2,(H,11,12);1,3-6,8-12H,2H2/t;3-,4-,5-,6-/m.1/s1. The summed E-state index contributed by atoms with van der Waals surface area (Å²) >= 11 is 0. The molecular formula is C15H23NO8. The number of carbonyl (C=O) groups is 2. The molecule has 8 N–H and O–H groups in total. The number of aliphatic carboxylic acids is 1. The minimum Gasteiger partial charge on any atom is -0.480 e. The first kappa shape index (κ1) is 22.1. The molecule has 0 aliphatic heterocycles. The second-order valence-corrected chi connectivity index (χ2v) is 4.99. The van der Waals surface area contributed by atoms with Crippen molar-refractivity contribution in [3.05, 3.63) is 35.9 Å². The van der Waals surface area contributed by atoms with Crippen molar-refractivity contribution in [2.45, 2.75) is 36.9 Å². The van der Waals surface area contributed by atoms with Crippen molar-refractivity contribution in [2.24, 2.45) is 5.73 Å². The van der Waals surface area contributed by atoms with Crippen molar-refractivity contribution in [3.8, 4) is 0 Å². The van der Waals surface area contributed by atoms with Crippen molar-refractivity contribution in [1.29, 1.82) is 0 Å². The molecule has 0 heterocycles. The molecule has 9 heteroatoms. The molecule has 0 fully saturated rings. The Hall–Kier alpha value is -1.88. The molecule has 0 saturated heterocycles. The number of nitrogens with two attached hydrogens (primary N) is 1. The summed E-state index contributed by atoms with van der Waals surface area (Å²) in [4.78, 5) is 20.3. The Morgan fingerprint density at radius 1 is 1.08 bits per heavy atom. The van der Waals surface area contributed by atoms with E-state index in [1.54, 1.807) is 0 Å². The van der Waals surface area contributed by atoms with Gasteiger partial charge in [0.15, 0.2) is 6.29 Å². The van der Waals surface area contributed by atoms with Crippen LogP contribution in [0.4, 0.5) is 0 Å². The summed E-state index contributed by atoms with van der Waals surface area (Å²) in [6.07, 6.45) is -6.45. The van der Waals surface area contributed by atoms with Gasteiger partial charge in [0.1, 0.15) is 30.5 Å². The van der Waals surface area contributed by atoms with Gasteiger partial charge in [-0.25, -0.2) is 0 Å². The van der Waals surface area contributed by atoms with Gasteiger partial charge in [0, 0.05) is 0 Å². The molecule has 1 aromatic rings. The van der Waals surface area contributed by atoms with E-state index in [0.29, 0.717) is 6.42 Å². The van der Waals surface area contributed by atoms with Gasteiger partial charge in [-0.2, -0.15) is 0 Å². The number of hydrogen-bond donors (Lipinski definition) is 7. The van der Waals surface area contributed by atoms with Gasteiger partial charge in [0.2, 0.25) is 0 Å². The highest BCUT2D eigenvalue weighted by Gasteiger charge is 2.29. The Kier molecular flexibility index (Phi) is 10.7. The van der Waals surface area contributed by atoms with Crippen LogP contribution in [-0.2, 0) is 16.0 Å². The normalized spacial score (nSPS) is 16.8. The Morgan fingerprint density at radius 2 is 1.62 bits per heavy atom.